The Morgan fingerprint density at radius 1 is 1.46 bits per heavy atom. The summed E-state index contributed by atoms with van der Waals surface area (Å²) in [5.74, 6) is 2.27. The van der Waals surface area contributed by atoms with E-state index in [9.17, 15) is 0 Å². The summed E-state index contributed by atoms with van der Waals surface area (Å²) in [6.07, 6.45) is 3.68. The lowest BCUT2D eigenvalue weighted by molar-refractivity contribution is 0.157. The first-order valence-electron chi connectivity index (χ1n) is 5.29. The van der Waals surface area contributed by atoms with Crippen LogP contribution in [0.2, 0.25) is 0 Å². The fourth-order valence-electron chi connectivity index (χ4n) is 2.47. The second kappa shape index (κ2) is 5.21. The van der Waals surface area contributed by atoms with E-state index in [-0.39, 0.29) is 0 Å². The quantitative estimate of drug-likeness (QED) is 0.639. The Morgan fingerprint density at radius 3 is 2.62 bits per heavy atom. The zero-order valence-electron chi connectivity index (χ0n) is 8.92. The topological polar surface area (TPSA) is 9.23 Å². The van der Waals surface area contributed by atoms with E-state index in [1.54, 1.807) is 7.11 Å². The zero-order chi connectivity index (χ0) is 9.84. The van der Waals surface area contributed by atoms with Gasteiger partial charge in [-0.1, -0.05) is 13.8 Å². The summed E-state index contributed by atoms with van der Waals surface area (Å²) in [5.41, 5.74) is 0. The predicted molar refractivity (Wildman–Crippen MR) is 57.2 cm³/mol. The molecule has 0 N–H and O–H groups in total. The Balaban J connectivity index is 2.34. The van der Waals surface area contributed by atoms with Gasteiger partial charge in [-0.25, -0.2) is 0 Å². The first-order chi connectivity index (χ1) is 6.16. The van der Waals surface area contributed by atoms with E-state index in [1.807, 2.05) is 0 Å². The second-order valence-corrected chi connectivity index (χ2v) is 4.94. The minimum absolute atomic E-state index is 0.412. The fraction of sp³-hybridized carbons (Fsp3) is 1.00. The lowest BCUT2D eigenvalue weighted by atomic mass is 9.84. The van der Waals surface area contributed by atoms with Gasteiger partial charge in [-0.05, 0) is 37.0 Å². The van der Waals surface area contributed by atoms with Crippen LogP contribution in [-0.4, -0.2) is 19.1 Å². The molecular weight excluding hydrogens is 184 g/mol. The largest absolute Gasteiger partial charge is 0.385 e. The van der Waals surface area contributed by atoms with Gasteiger partial charge < -0.3 is 4.74 Å². The van der Waals surface area contributed by atoms with Gasteiger partial charge in [0.2, 0.25) is 0 Å². The highest BCUT2D eigenvalue weighted by atomic mass is 35.5. The van der Waals surface area contributed by atoms with Crippen LogP contribution in [0.25, 0.3) is 0 Å². The molecule has 4 unspecified atom stereocenters. The van der Waals surface area contributed by atoms with E-state index in [2.05, 4.69) is 13.8 Å². The van der Waals surface area contributed by atoms with Gasteiger partial charge in [0.1, 0.15) is 0 Å². The van der Waals surface area contributed by atoms with Crippen LogP contribution < -0.4 is 0 Å². The predicted octanol–water partition coefficient (Wildman–Crippen LogP) is 3.31. The lowest BCUT2D eigenvalue weighted by Crippen LogP contribution is -2.19. The maximum atomic E-state index is 6.20. The first-order valence-corrected chi connectivity index (χ1v) is 5.73. The Bertz CT molecular complexity index is 149. The minimum atomic E-state index is 0.412. The third-order valence-electron chi connectivity index (χ3n) is 3.53. The smallest absolute Gasteiger partial charge is 0.0464 e. The van der Waals surface area contributed by atoms with Crippen LogP contribution in [0.5, 0.6) is 0 Å². The van der Waals surface area contributed by atoms with Gasteiger partial charge in [0.15, 0.2) is 0 Å². The molecule has 0 bridgehead atoms. The number of hydrogen-bond donors (Lipinski definition) is 0. The van der Waals surface area contributed by atoms with Crippen molar-refractivity contribution in [2.24, 2.45) is 17.8 Å². The molecular formula is C11H21ClO. The van der Waals surface area contributed by atoms with Gasteiger partial charge in [-0.2, -0.15) is 0 Å². The summed E-state index contributed by atoms with van der Waals surface area (Å²) in [4.78, 5) is 0. The van der Waals surface area contributed by atoms with Crippen molar-refractivity contribution in [3.63, 3.8) is 0 Å². The van der Waals surface area contributed by atoms with Crippen molar-refractivity contribution in [2.45, 2.75) is 38.5 Å². The number of halogens is 1. The number of ether oxygens (including phenoxy) is 1. The van der Waals surface area contributed by atoms with Crippen LogP contribution in [0.15, 0.2) is 0 Å². The molecule has 1 saturated carbocycles. The van der Waals surface area contributed by atoms with Crippen molar-refractivity contribution in [1.29, 1.82) is 0 Å². The monoisotopic (exact) mass is 204 g/mol. The molecule has 1 rings (SSSR count). The summed E-state index contributed by atoms with van der Waals surface area (Å²) in [7, 11) is 1.77. The first kappa shape index (κ1) is 11.3. The molecule has 0 aromatic heterocycles. The van der Waals surface area contributed by atoms with E-state index in [1.165, 1.54) is 19.3 Å². The average Bonchev–Trinajstić information content (AvgIpc) is 2.44. The van der Waals surface area contributed by atoms with Crippen molar-refractivity contribution in [1.82, 2.24) is 0 Å². The Hall–Kier alpha value is 0.250. The molecule has 0 saturated heterocycles. The van der Waals surface area contributed by atoms with E-state index in [0.29, 0.717) is 11.3 Å². The maximum Gasteiger partial charge on any atom is 0.0464 e. The normalized spacial score (nSPS) is 36.5. The maximum absolute atomic E-state index is 6.20. The Kier molecular flexibility index (Phi) is 4.54. The summed E-state index contributed by atoms with van der Waals surface area (Å²) >= 11 is 6.20. The highest BCUT2D eigenvalue weighted by Crippen LogP contribution is 2.40. The van der Waals surface area contributed by atoms with Gasteiger partial charge in [-0.3, -0.25) is 0 Å². The molecule has 0 aromatic rings. The van der Waals surface area contributed by atoms with Crippen molar-refractivity contribution >= 4 is 11.6 Å². The molecule has 1 fully saturated rings. The molecule has 0 amide bonds. The third kappa shape index (κ3) is 2.85. The van der Waals surface area contributed by atoms with Gasteiger partial charge in [0.25, 0.3) is 0 Å². The summed E-state index contributed by atoms with van der Waals surface area (Å²) in [6.45, 7) is 5.51. The molecule has 78 valence electrons. The molecule has 2 heteroatoms. The van der Waals surface area contributed by atoms with Crippen molar-refractivity contribution in [3.05, 3.63) is 0 Å². The van der Waals surface area contributed by atoms with E-state index < -0.39 is 0 Å². The van der Waals surface area contributed by atoms with E-state index >= 15 is 0 Å². The fourth-order valence-corrected chi connectivity index (χ4v) is 2.78. The highest BCUT2D eigenvalue weighted by Gasteiger charge is 2.34. The van der Waals surface area contributed by atoms with Crippen LogP contribution >= 0.6 is 11.6 Å². The molecule has 1 nitrogen and oxygen atoms in total. The van der Waals surface area contributed by atoms with Crippen LogP contribution in [0.3, 0.4) is 0 Å². The number of hydrogen-bond acceptors (Lipinski definition) is 1. The van der Waals surface area contributed by atoms with E-state index in [4.69, 9.17) is 16.3 Å². The second-order valence-electron chi connectivity index (χ2n) is 4.38. The molecule has 0 aliphatic heterocycles. The highest BCUT2D eigenvalue weighted by molar-refractivity contribution is 6.20. The van der Waals surface area contributed by atoms with Gasteiger partial charge in [-0.15, -0.1) is 11.6 Å². The van der Waals surface area contributed by atoms with Crippen LogP contribution in [0.1, 0.15) is 33.1 Å². The standard InChI is InChI=1S/C11H21ClO/c1-8(6-7-13-3)10-4-5-11(12)9(10)2/h8-11H,4-7H2,1-3H3. The number of alkyl halides is 1. The SMILES string of the molecule is COCCC(C)C1CCC(Cl)C1C. The van der Waals surface area contributed by atoms with Crippen molar-refractivity contribution in [2.75, 3.05) is 13.7 Å². The third-order valence-corrected chi connectivity index (χ3v) is 4.15. The van der Waals surface area contributed by atoms with Gasteiger partial charge in [0, 0.05) is 19.1 Å². The Labute approximate surface area is 86.8 Å². The Morgan fingerprint density at radius 2 is 2.15 bits per heavy atom. The molecule has 0 spiro atoms. The summed E-state index contributed by atoms with van der Waals surface area (Å²) in [5, 5.41) is 0.412. The van der Waals surface area contributed by atoms with E-state index in [0.717, 1.165) is 18.4 Å². The van der Waals surface area contributed by atoms with Crippen LogP contribution in [0.4, 0.5) is 0 Å². The molecule has 0 radical (unpaired) electrons. The minimum Gasteiger partial charge on any atom is -0.385 e. The molecule has 1 aliphatic carbocycles. The van der Waals surface area contributed by atoms with Crippen molar-refractivity contribution in [3.8, 4) is 0 Å². The molecule has 13 heavy (non-hydrogen) atoms. The van der Waals surface area contributed by atoms with Crippen molar-refractivity contribution < 1.29 is 4.74 Å². The summed E-state index contributed by atoms with van der Waals surface area (Å²) < 4.78 is 5.10. The molecule has 4 atom stereocenters. The zero-order valence-corrected chi connectivity index (χ0v) is 9.68. The number of rotatable bonds is 4. The van der Waals surface area contributed by atoms with Crippen LogP contribution in [-0.2, 0) is 4.74 Å². The average molecular weight is 205 g/mol. The van der Waals surface area contributed by atoms with Gasteiger partial charge in [0.05, 0.1) is 0 Å². The molecule has 0 aromatic carbocycles. The number of methoxy groups -OCH3 is 1. The lowest BCUT2D eigenvalue weighted by Gasteiger charge is -2.23. The molecule has 1 aliphatic rings. The van der Waals surface area contributed by atoms with Gasteiger partial charge >= 0.3 is 0 Å². The molecule has 0 heterocycles. The summed E-state index contributed by atoms with van der Waals surface area (Å²) in [6, 6.07) is 0. The van der Waals surface area contributed by atoms with Crippen LogP contribution in [0, 0.1) is 17.8 Å².